The lowest BCUT2D eigenvalue weighted by Crippen LogP contribution is -1.57. The third-order valence-electron chi connectivity index (χ3n) is 0.342. The van der Waals surface area contributed by atoms with Gasteiger partial charge in [-0.3, -0.25) is 4.99 Å². The minimum Gasteiger partial charge on any atom is -0.255 e. The lowest BCUT2D eigenvalue weighted by Gasteiger charge is -1.78. The van der Waals surface area contributed by atoms with E-state index in [1.54, 1.807) is 6.21 Å². The molecule has 0 bridgehead atoms. The van der Waals surface area contributed by atoms with E-state index in [4.69, 9.17) is 0 Å². The van der Waals surface area contributed by atoms with Crippen molar-refractivity contribution in [3.63, 3.8) is 0 Å². The van der Waals surface area contributed by atoms with Gasteiger partial charge in [0.05, 0.1) is 0 Å². The molecule has 0 aromatic carbocycles. The highest BCUT2D eigenvalue weighted by Crippen LogP contribution is 2.08. The highest BCUT2D eigenvalue weighted by atomic mass is 127. The van der Waals surface area contributed by atoms with Crippen LogP contribution in [0.3, 0.4) is 0 Å². The van der Waals surface area contributed by atoms with E-state index in [9.17, 15) is 0 Å². The fourth-order valence-corrected chi connectivity index (χ4v) is 0.591. The second kappa shape index (κ2) is 5.02. The van der Waals surface area contributed by atoms with Gasteiger partial charge in [-0.25, -0.2) is 0 Å². The molecule has 0 spiro atoms. The Morgan fingerprint density at radius 2 is 2.29 bits per heavy atom. The van der Waals surface area contributed by atoms with Crippen LogP contribution >= 0.6 is 45.2 Å². The van der Waals surface area contributed by atoms with Gasteiger partial charge in [-0.1, -0.05) is 22.6 Å². The third kappa shape index (κ3) is 4.73. The first-order valence-electron chi connectivity index (χ1n) is 1.76. The molecule has 0 aliphatic carbocycles. The smallest absolute Gasteiger partial charge is 0.106 e. The summed E-state index contributed by atoms with van der Waals surface area (Å²) in [5.74, 6) is 0. The van der Waals surface area contributed by atoms with Crippen molar-refractivity contribution < 1.29 is 0 Å². The summed E-state index contributed by atoms with van der Waals surface area (Å²) in [6.07, 6.45) is 1.77. The molecule has 0 saturated heterocycles. The van der Waals surface area contributed by atoms with Crippen LogP contribution in [-0.4, -0.2) is 6.21 Å². The van der Waals surface area contributed by atoms with E-state index >= 15 is 0 Å². The molecular weight excluding hydrogens is 316 g/mol. The maximum atomic E-state index is 3.96. The molecule has 0 saturated carbocycles. The number of aliphatic imine (C=N–C) groups is 1. The highest BCUT2D eigenvalue weighted by Gasteiger charge is 1.74. The normalized spacial score (nSPS) is 13.3. The molecule has 0 fully saturated rings. The van der Waals surface area contributed by atoms with Crippen LogP contribution in [0.25, 0.3) is 0 Å². The van der Waals surface area contributed by atoms with Gasteiger partial charge in [-0.05, 0) is 29.5 Å². The fraction of sp³-hybridized carbons (Fsp3) is 0.250. The Bertz CT molecular complexity index is 95.9. The van der Waals surface area contributed by atoms with Crippen LogP contribution in [-0.2, 0) is 0 Å². The lowest BCUT2D eigenvalue weighted by atomic mass is 10.9. The maximum Gasteiger partial charge on any atom is 0.106 e. The van der Waals surface area contributed by atoms with E-state index in [1.807, 2.05) is 11.0 Å². The second-order valence-electron chi connectivity index (χ2n) is 0.819. The molecule has 0 aromatic heterocycles. The quantitative estimate of drug-likeness (QED) is 0.400. The molecule has 0 unspecified atom stereocenters. The van der Waals surface area contributed by atoms with Crippen LogP contribution in [0.4, 0.5) is 0 Å². The molecule has 0 aromatic rings. The molecule has 3 heteroatoms. The van der Waals surface area contributed by atoms with Gasteiger partial charge in [0.2, 0.25) is 0 Å². The van der Waals surface area contributed by atoms with Gasteiger partial charge >= 0.3 is 0 Å². The Balaban J connectivity index is 3.58. The molecule has 7 heavy (non-hydrogen) atoms. The van der Waals surface area contributed by atoms with Gasteiger partial charge in [0.25, 0.3) is 0 Å². The average Bonchev–Trinajstić information content (AvgIpc) is 1.68. The van der Waals surface area contributed by atoms with Crippen molar-refractivity contribution in [3.8, 4) is 0 Å². The molecule has 0 amide bonds. The van der Waals surface area contributed by atoms with Crippen molar-refractivity contribution in [2.24, 2.45) is 4.99 Å². The van der Waals surface area contributed by atoms with E-state index < -0.39 is 0 Å². The van der Waals surface area contributed by atoms with Crippen molar-refractivity contribution in [1.82, 2.24) is 0 Å². The minimum absolute atomic E-state index is 1.03. The highest BCUT2D eigenvalue weighted by molar-refractivity contribution is 14.1. The molecular formula is C4H5I2N. The number of halogens is 2. The number of hydrogen-bond donors (Lipinski definition) is 0. The molecule has 0 aliphatic rings. The summed E-state index contributed by atoms with van der Waals surface area (Å²) >= 11 is 4.31. The van der Waals surface area contributed by atoms with Crippen LogP contribution in [0.1, 0.15) is 6.92 Å². The molecule has 1 nitrogen and oxygen atoms in total. The third-order valence-corrected chi connectivity index (χ3v) is 2.71. The van der Waals surface area contributed by atoms with Crippen molar-refractivity contribution in [2.75, 3.05) is 0 Å². The van der Waals surface area contributed by atoms with Gasteiger partial charge in [0.15, 0.2) is 0 Å². The Kier molecular flexibility index (Phi) is 5.64. The summed E-state index contributed by atoms with van der Waals surface area (Å²) < 4.78 is 2.96. The van der Waals surface area contributed by atoms with Gasteiger partial charge in [-0.15, -0.1) is 0 Å². The molecule has 0 N–H and O–H groups in total. The van der Waals surface area contributed by atoms with Crippen molar-refractivity contribution in [1.29, 1.82) is 0 Å². The Hall–Kier alpha value is 0.870. The molecule has 0 heterocycles. The van der Waals surface area contributed by atoms with E-state index in [0.29, 0.717) is 0 Å². The van der Waals surface area contributed by atoms with Crippen LogP contribution < -0.4 is 0 Å². The SMILES string of the molecule is CC=N/C(I)=C\I. The van der Waals surface area contributed by atoms with Crippen LogP contribution in [0.15, 0.2) is 12.8 Å². The minimum atomic E-state index is 1.03. The monoisotopic (exact) mass is 321 g/mol. The van der Waals surface area contributed by atoms with Gasteiger partial charge < -0.3 is 0 Å². The largest absolute Gasteiger partial charge is 0.255 e. The maximum absolute atomic E-state index is 3.96. The van der Waals surface area contributed by atoms with Crippen LogP contribution in [0, 0.1) is 0 Å². The van der Waals surface area contributed by atoms with E-state index in [1.165, 1.54) is 0 Å². The Morgan fingerprint density at radius 1 is 1.71 bits per heavy atom. The van der Waals surface area contributed by atoms with Gasteiger partial charge in [-0.2, -0.15) is 0 Å². The number of rotatable bonds is 1. The van der Waals surface area contributed by atoms with Crippen molar-refractivity contribution >= 4 is 51.4 Å². The zero-order valence-electron chi connectivity index (χ0n) is 3.86. The van der Waals surface area contributed by atoms with Gasteiger partial charge in [0.1, 0.15) is 3.70 Å². The van der Waals surface area contributed by atoms with Crippen LogP contribution in [0.2, 0.25) is 0 Å². The first kappa shape index (κ1) is 7.87. The topological polar surface area (TPSA) is 12.4 Å². The second-order valence-corrected chi connectivity index (χ2v) is 2.55. The Morgan fingerprint density at radius 3 is 2.43 bits per heavy atom. The van der Waals surface area contributed by atoms with Crippen molar-refractivity contribution in [2.45, 2.75) is 6.92 Å². The summed E-state index contributed by atoms with van der Waals surface area (Å²) in [4.78, 5) is 3.96. The first-order valence-corrected chi connectivity index (χ1v) is 4.08. The average molecular weight is 321 g/mol. The van der Waals surface area contributed by atoms with Crippen LogP contribution in [0.5, 0.6) is 0 Å². The predicted octanol–water partition coefficient (Wildman–Crippen LogP) is 2.75. The molecule has 0 aliphatic heterocycles. The lowest BCUT2D eigenvalue weighted by molar-refractivity contribution is 1.58. The number of nitrogens with zero attached hydrogens (tertiary/aromatic N) is 1. The van der Waals surface area contributed by atoms with Crippen molar-refractivity contribution in [3.05, 3.63) is 7.79 Å². The summed E-state index contributed by atoms with van der Waals surface area (Å²) in [7, 11) is 0. The van der Waals surface area contributed by atoms with E-state index in [2.05, 4.69) is 50.2 Å². The predicted molar refractivity (Wildman–Crippen MR) is 50.3 cm³/mol. The molecule has 0 radical (unpaired) electrons. The molecule has 0 rings (SSSR count). The van der Waals surface area contributed by atoms with Gasteiger partial charge in [0, 0.05) is 10.3 Å². The molecule has 0 atom stereocenters. The first-order chi connectivity index (χ1) is 3.31. The standard InChI is InChI=1S/C4H5I2N/c1-2-7-4(6)3-5/h2-3H,1H3/b4-3-,7-2?. The zero-order chi connectivity index (χ0) is 5.70. The summed E-state index contributed by atoms with van der Waals surface area (Å²) in [5, 5.41) is 0. The summed E-state index contributed by atoms with van der Waals surface area (Å²) in [5.41, 5.74) is 0. The summed E-state index contributed by atoms with van der Waals surface area (Å²) in [6.45, 7) is 1.90. The zero-order valence-corrected chi connectivity index (χ0v) is 8.17. The number of hydrogen-bond acceptors (Lipinski definition) is 1. The fourth-order valence-electron chi connectivity index (χ4n) is 0.152. The molecule has 40 valence electrons. The van der Waals surface area contributed by atoms with E-state index in [0.717, 1.165) is 3.70 Å². The Labute approximate surface area is 70.6 Å². The summed E-state index contributed by atoms with van der Waals surface area (Å²) in [6, 6.07) is 0. The van der Waals surface area contributed by atoms with E-state index in [-0.39, 0.29) is 0 Å².